The lowest BCUT2D eigenvalue weighted by Crippen LogP contribution is -2.37. The van der Waals surface area contributed by atoms with Gasteiger partial charge in [-0.1, -0.05) is 24.3 Å². The van der Waals surface area contributed by atoms with E-state index < -0.39 is 59.1 Å². The summed E-state index contributed by atoms with van der Waals surface area (Å²) in [6.07, 6.45) is 2.08. The molecule has 2 amide bonds. The number of rotatable bonds is 16. The predicted octanol–water partition coefficient (Wildman–Crippen LogP) is 4.01. The van der Waals surface area contributed by atoms with Gasteiger partial charge in [-0.2, -0.15) is 0 Å². The number of nitrogens with one attached hydrogen (secondary N) is 3. The van der Waals surface area contributed by atoms with Gasteiger partial charge in [-0.15, -0.1) is 0 Å². The van der Waals surface area contributed by atoms with Crippen molar-refractivity contribution in [2.45, 2.75) is 45.1 Å². The number of carboxylic acid groups (broad SMARTS) is 3. The number of carbonyl (C=O) groups is 5. The molecule has 3 saturated heterocycles. The Bertz CT molecular complexity index is 1840. The number of halogens is 2. The van der Waals surface area contributed by atoms with Gasteiger partial charge < -0.3 is 31.3 Å². The van der Waals surface area contributed by atoms with Crippen LogP contribution in [0.15, 0.2) is 60.7 Å². The molecule has 3 aliphatic rings. The molecule has 3 fully saturated rings. The first-order chi connectivity index (χ1) is 26.9. The number of aliphatic carboxylic acids is 3. The third-order valence-corrected chi connectivity index (χ3v) is 11.6. The average Bonchev–Trinajstić information content (AvgIpc) is 3.98. The molecule has 298 valence electrons. The fraction of sp³-hybridized carbons (Fsp3) is 0.452. The molecule has 6 rings (SSSR count). The van der Waals surface area contributed by atoms with Gasteiger partial charge in [0.1, 0.15) is 11.6 Å². The van der Waals surface area contributed by atoms with E-state index in [1.807, 2.05) is 0 Å². The third kappa shape index (κ3) is 10.0. The zero-order valence-electron chi connectivity index (χ0n) is 31.0. The highest BCUT2D eigenvalue weighted by atomic mass is 19.1. The van der Waals surface area contributed by atoms with Crippen molar-refractivity contribution in [1.82, 2.24) is 20.9 Å². The van der Waals surface area contributed by atoms with Crippen molar-refractivity contribution in [1.29, 1.82) is 0 Å². The Morgan fingerprint density at radius 3 is 1.34 bits per heavy atom. The van der Waals surface area contributed by atoms with Crippen LogP contribution < -0.4 is 16.0 Å². The summed E-state index contributed by atoms with van der Waals surface area (Å²) in [5.74, 6) is -9.26. The zero-order chi connectivity index (χ0) is 39.9. The first-order valence-electron chi connectivity index (χ1n) is 19.2. The SMILES string of the molecule is O=C(O)[C@@H](Cc1cccc(CN(C(=O)c2cc(F)cc(C[C@H](C(=O)O)[C@H]3CCNC3)c2)C(=O)c2cc(F)cc(C[C@H](C(=O)O)[C@H]3CCNC3)c2)c1)[C@H]1CCNC1. The standard InChI is InChI=1S/C42H48F2N4O8/c43-33-13-26(16-36(41(53)54)29-5-8-46-21-29)11-31(18-33)38(49)48(23-25-3-1-2-24(10-25)15-35(40(51)52)28-4-7-45-20-28)39(50)32-12-27(14-34(44)19-32)17-37(42(55)56)30-6-9-47-22-30/h1-3,10-14,18-19,28-30,35-37,45-47H,4-9,15-17,20-23H2,(H,51,52)(H,53,54)(H,55,56)/t28-,29-,30-,35-,36-,37-/m0/s1. The minimum atomic E-state index is -1.04. The van der Waals surface area contributed by atoms with Crippen LogP contribution in [0.25, 0.3) is 0 Å². The van der Waals surface area contributed by atoms with E-state index in [0.717, 1.165) is 23.6 Å². The number of carboxylic acids is 3. The normalized spacial score (nSPS) is 21.0. The fourth-order valence-electron chi connectivity index (χ4n) is 8.56. The summed E-state index contributed by atoms with van der Waals surface area (Å²) in [4.78, 5) is 66.5. The fourth-order valence-corrected chi connectivity index (χ4v) is 8.56. The smallest absolute Gasteiger partial charge is 0.307 e. The lowest BCUT2D eigenvalue weighted by Gasteiger charge is -2.24. The maximum Gasteiger partial charge on any atom is 0.307 e. The van der Waals surface area contributed by atoms with E-state index in [4.69, 9.17) is 0 Å². The summed E-state index contributed by atoms with van der Waals surface area (Å²) < 4.78 is 30.5. The minimum Gasteiger partial charge on any atom is -0.481 e. The largest absolute Gasteiger partial charge is 0.481 e. The zero-order valence-corrected chi connectivity index (χ0v) is 31.0. The van der Waals surface area contributed by atoms with Crippen molar-refractivity contribution in [3.05, 3.63) is 106 Å². The van der Waals surface area contributed by atoms with Gasteiger partial charge in [-0.25, -0.2) is 8.78 Å². The van der Waals surface area contributed by atoms with Crippen molar-refractivity contribution in [2.75, 3.05) is 39.3 Å². The van der Waals surface area contributed by atoms with Crippen LogP contribution in [0.2, 0.25) is 0 Å². The maximum atomic E-state index is 15.2. The molecule has 0 spiro atoms. The molecule has 0 bridgehead atoms. The molecule has 0 aromatic heterocycles. The summed E-state index contributed by atoms with van der Waals surface area (Å²) >= 11 is 0. The molecule has 3 aromatic rings. The van der Waals surface area contributed by atoms with Crippen LogP contribution in [0, 0.1) is 47.1 Å². The van der Waals surface area contributed by atoms with Gasteiger partial charge in [0.2, 0.25) is 0 Å². The number of hydrogen-bond donors (Lipinski definition) is 6. The van der Waals surface area contributed by atoms with Crippen LogP contribution in [0.3, 0.4) is 0 Å². The van der Waals surface area contributed by atoms with Crippen LogP contribution in [0.4, 0.5) is 8.78 Å². The van der Waals surface area contributed by atoms with Crippen molar-refractivity contribution in [3.63, 3.8) is 0 Å². The van der Waals surface area contributed by atoms with Gasteiger partial charge >= 0.3 is 17.9 Å². The molecule has 56 heavy (non-hydrogen) atoms. The van der Waals surface area contributed by atoms with Crippen molar-refractivity contribution in [2.24, 2.45) is 35.5 Å². The Hall–Kier alpha value is -5.05. The Morgan fingerprint density at radius 2 is 0.964 bits per heavy atom. The van der Waals surface area contributed by atoms with Crippen LogP contribution in [-0.2, 0) is 40.2 Å². The second-order valence-corrected chi connectivity index (χ2v) is 15.4. The van der Waals surface area contributed by atoms with E-state index in [1.54, 1.807) is 24.3 Å². The van der Waals surface area contributed by atoms with Gasteiger partial charge in [0.15, 0.2) is 0 Å². The Labute approximate surface area is 323 Å². The third-order valence-electron chi connectivity index (χ3n) is 11.6. The van der Waals surface area contributed by atoms with E-state index in [0.29, 0.717) is 63.1 Å². The van der Waals surface area contributed by atoms with Gasteiger partial charge in [0.05, 0.1) is 24.3 Å². The number of carbonyl (C=O) groups excluding carboxylic acids is 2. The molecule has 6 atom stereocenters. The van der Waals surface area contributed by atoms with Gasteiger partial charge in [-0.05, 0) is 154 Å². The summed E-state index contributed by atoms with van der Waals surface area (Å²) in [5.41, 5.74) is 1.23. The summed E-state index contributed by atoms with van der Waals surface area (Å²) in [6, 6.07) is 13.8. The molecule has 3 heterocycles. The second-order valence-electron chi connectivity index (χ2n) is 15.4. The molecule has 0 saturated carbocycles. The molecule has 3 aliphatic heterocycles. The van der Waals surface area contributed by atoms with Crippen LogP contribution in [0.5, 0.6) is 0 Å². The van der Waals surface area contributed by atoms with E-state index in [-0.39, 0.29) is 65.8 Å². The summed E-state index contributed by atoms with van der Waals surface area (Å²) in [5, 5.41) is 39.5. The lowest BCUT2D eigenvalue weighted by atomic mass is 9.85. The van der Waals surface area contributed by atoms with Crippen molar-refractivity contribution < 1.29 is 48.1 Å². The van der Waals surface area contributed by atoms with E-state index in [1.165, 1.54) is 24.3 Å². The minimum absolute atomic E-state index is 0.0501. The van der Waals surface area contributed by atoms with E-state index >= 15 is 8.78 Å². The molecule has 12 nitrogen and oxygen atoms in total. The van der Waals surface area contributed by atoms with Crippen LogP contribution in [-0.4, -0.2) is 89.2 Å². The molecule has 0 aliphatic carbocycles. The Morgan fingerprint density at radius 1 is 0.571 bits per heavy atom. The molecular formula is C42H48F2N4O8. The second kappa shape index (κ2) is 18.3. The van der Waals surface area contributed by atoms with Gasteiger partial charge in [0, 0.05) is 11.1 Å². The topological polar surface area (TPSA) is 185 Å². The molecule has 0 radical (unpaired) electrons. The monoisotopic (exact) mass is 774 g/mol. The Balaban J connectivity index is 1.33. The van der Waals surface area contributed by atoms with Crippen LogP contribution >= 0.6 is 0 Å². The number of nitrogens with zero attached hydrogens (tertiary/aromatic N) is 1. The highest BCUT2D eigenvalue weighted by molar-refractivity contribution is 6.10. The quantitative estimate of drug-likeness (QED) is 0.116. The molecule has 3 aromatic carbocycles. The number of benzene rings is 3. The number of amides is 2. The van der Waals surface area contributed by atoms with E-state index in [9.17, 15) is 39.3 Å². The predicted molar refractivity (Wildman–Crippen MR) is 201 cm³/mol. The lowest BCUT2D eigenvalue weighted by molar-refractivity contribution is -0.144. The summed E-state index contributed by atoms with van der Waals surface area (Å²) in [7, 11) is 0. The van der Waals surface area contributed by atoms with E-state index in [2.05, 4.69) is 16.0 Å². The molecule has 6 N–H and O–H groups in total. The van der Waals surface area contributed by atoms with Gasteiger partial charge in [0.25, 0.3) is 11.8 Å². The molecule has 14 heteroatoms. The number of hydrogen-bond acceptors (Lipinski definition) is 8. The first kappa shape index (κ1) is 40.6. The maximum absolute atomic E-state index is 15.2. The number of imide groups is 1. The van der Waals surface area contributed by atoms with Crippen LogP contribution in [0.1, 0.15) is 62.2 Å². The van der Waals surface area contributed by atoms with Crippen molar-refractivity contribution >= 4 is 29.7 Å². The molecular weight excluding hydrogens is 726 g/mol. The van der Waals surface area contributed by atoms with Crippen molar-refractivity contribution in [3.8, 4) is 0 Å². The highest BCUT2D eigenvalue weighted by Crippen LogP contribution is 2.29. The van der Waals surface area contributed by atoms with Gasteiger partial charge in [-0.3, -0.25) is 28.9 Å². The first-order valence-corrected chi connectivity index (χ1v) is 19.2. The summed E-state index contributed by atoms with van der Waals surface area (Å²) in [6.45, 7) is 3.25. The highest BCUT2D eigenvalue weighted by Gasteiger charge is 2.34. The Kier molecular flexibility index (Phi) is 13.2. The molecule has 0 unspecified atom stereocenters. The average molecular weight is 775 g/mol.